The van der Waals surface area contributed by atoms with Crippen molar-refractivity contribution in [1.29, 1.82) is 0 Å². The van der Waals surface area contributed by atoms with Crippen molar-refractivity contribution in [2.24, 2.45) is 0 Å². The number of carbonyl (C=O) groups excluding carboxylic acids is 1. The van der Waals surface area contributed by atoms with Gasteiger partial charge in [0.05, 0.1) is 6.61 Å². The zero-order valence-corrected chi connectivity index (χ0v) is 16.0. The standard InChI is InChI=1S/C22H18BrNO2/c1-14-4-2-3-5-18(14)22(25)24-17-8-6-15(7-9-17)19-13-21-16(10-11-26-21)12-20(19)23/h2-9,12-13H,10-11H2,1H3,(H,24,25). The molecular formula is C22H18BrNO2. The van der Waals surface area contributed by atoms with Crippen LogP contribution in [0.1, 0.15) is 21.5 Å². The van der Waals surface area contributed by atoms with Crippen LogP contribution in [-0.2, 0) is 6.42 Å². The summed E-state index contributed by atoms with van der Waals surface area (Å²) in [6.45, 7) is 2.68. The number of amides is 1. The number of aryl methyl sites for hydroxylation is 1. The quantitative estimate of drug-likeness (QED) is 0.612. The number of fused-ring (bicyclic) bond motifs is 1. The van der Waals surface area contributed by atoms with Crippen LogP contribution in [0.4, 0.5) is 5.69 Å². The molecule has 1 aliphatic rings. The minimum atomic E-state index is -0.0945. The molecule has 1 N–H and O–H groups in total. The van der Waals surface area contributed by atoms with Gasteiger partial charge in [0, 0.05) is 22.1 Å². The van der Waals surface area contributed by atoms with Crippen LogP contribution in [0.5, 0.6) is 5.75 Å². The van der Waals surface area contributed by atoms with Crippen LogP contribution in [0.15, 0.2) is 65.1 Å². The molecule has 0 unspecified atom stereocenters. The average Bonchev–Trinajstić information content (AvgIpc) is 3.09. The van der Waals surface area contributed by atoms with Gasteiger partial charge in [0.15, 0.2) is 0 Å². The van der Waals surface area contributed by atoms with Crippen molar-refractivity contribution >= 4 is 27.5 Å². The summed E-state index contributed by atoms with van der Waals surface area (Å²) in [7, 11) is 0. The van der Waals surface area contributed by atoms with Crippen molar-refractivity contribution in [2.45, 2.75) is 13.3 Å². The van der Waals surface area contributed by atoms with E-state index in [0.29, 0.717) is 5.56 Å². The van der Waals surface area contributed by atoms with Crippen LogP contribution in [0.25, 0.3) is 11.1 Å². The summed E-state index contributed by atoms with van der Waals surface area (Å²) in [5.74, 6) is 0.864. The Morgan fingerprint density at radius 3 is 2.62 bits per heavy atom. The smallest absolute Gasteiger partial charge is 0.255 e. The van der Waals surface area contributed by atoms with Gasteiger partial charge in [-0.3, -0.25) is 4.79 Å². The van der Waals surface area contributed by atoms with E-state index in [1.165, 1.54) is 5.56 Å². The maximum Gasteiger partial charge on any atom is 0.255 e. The lowest BCUT2D eigenvalue weighted by molar-refractivity contribution is 0.102. The minimum Gasteiger partial charge on any atom is -0.493 e. The zero-order chi connectivity index (χ0) is 18.1. The number of ether oxygens (including phenoxy) is 1. The van der Waals surface area contributed by atoms with E-state index in [0.717, 1.165) is 45.6 Å². The first-order chi connectivity index (χ1) is 12.6. The monoisotopic (exact) mass is 407 g/mol. The molecule has 0 aromatic heterocycles. The number of nitrogens with one attached hydrogen (secondary N) is 1. The number of carbonyl (C=O) groups is 1. The molecule has 0 fully saturated rings. The molecule has 1 amide bonds. The minimum absolute atomic E-state index is 0.0945. The molecule has 1 heterocycles. The first-order valence-electron chi connectivity index (χ1n) is 8.54. The molecule has 0 radical (unpaired) electrons. The third-order valence-corrected chi connectivity index (χ3v) is 5.28. The van der Waals surface area contributed by atoms with Crippen LogP contribution in [0.3, 0.4) is 0 Å². The number of halogens is 1. The van der Waals surface area contributed by atoms with Crippen LogP contribution < -0.4 is 10.1 Å². The lowest BCUT2D eigenvalue weighted by atomic mass is 10.0. The number of hydrogen-bond acceptors (Lipinski definition) is 2. The van der Waals surface area contributed by atoms with Gasteiger partial charge < -0.3 is 10.1 Å². The molecule has 3 aromatic carbocycles. The number of benzene rings is 3. The second-order valence-electron chi connectivity index (χ2n) is 6.38. The summed E-state index contributed by atoms with van der Waals surface area (Å²) < 4.78 is 6.73. The predicted octanol–water partition coefficient (Wildman–Crippen LogP) is 5.61. The molecule has 130 valence electrons. The van der Waals surface area contributed by atoms with Crippen LogP contribution in [0.2, 0.25) is 0 Å². The Balaban J connectivity index is 1.56. The van der Waals surface area contributed by atoms with Gasteiger partial charge in [-0.05, 0) is 59.5 Å². The highest BCUT2D eigenvalue weighted by molar-refractivity contribution is 9.10. The number of hydrogen-bond donors (Lipinski definition) is 1. The lowest BCUT2D eigenvalue weighted by Gasteiger charge is -2.10. The Bertz CT molecular complexity index is 980. The van der Waals surface area contributed by atoms with Crippen molar-refractivity contribution in [3.05, 3.63) is 81.8 Å². The van der Waals surface area contributed by atoms with E-state index >= 15 is 0 Å². The summed E-state index contributed by atoms with van der Waals surface area (Å²) in [6.07, 6.45) is 0.956. The molecule has 0 saturated carbocycles. The first-order valence-corrected chi connectivity index (χ1v) is 9.34. The van der Waals surface area contributed by atoms with Gasteiger partial charge >= 0.3 is 0 Å². The Morgan fingerprint density at radius 1 is 1.08 bits per heavy atom. The average molecular weight is 408 g/mol. The Labute approximate surface area is 161 Å². The van der Waals surface area contributed by atoms with Gasteiger partial charge in [0.1, 0.15) is 5.75 Å². The highest BCUT2D eigenvalue weighted by Gasteiger charge is 2.16. The van der Waals surface area contributed by atoms with E-state index in [9.17, 15) is 4.79 Å². The molecule has 3 aromatic rings. The molecule has 4 heteroatoms. The molecule has 3 nitrogen and oxygen atoms in total. The molecule has 0 saturated heterocycles. The Hall–Kier alpha value is -2.59. The van der Waals surface area contributed by atoms with Crippen molar-refractivity contribution in [1.82, 2.24) is 0 Å². The van der Waals surface area contributed by atoms with Crippen LogP contribution >= 0.6 is 15.9 Å². The summed E-state index contributed by atoms with van der Waals surface area (Å²) in [6, 6.07) is 19.6. The Morgan fingerprint density at radius 2 is 1.85 bits per heavy atom. The predicted molar refractivity (Wildman–Crippen MR) is 108 cm³/mol. The fourth-order valence-corrected chi connectivity index (χ4v) is 3.80. The first kappa shape index (κ1) is 16.9. The third-order valence-electron chi connectivity index (χ3n) is 4.62. The van der Waals surface area contributed by atoms with E-state index in [1.807, 2.05) is 55.5 Å². The second kappa shape index (κ2) is 6.96. The van der Waals surface area contributed by atoms with Gasteiger partial charge in [0.25, 0.3) is 5.91 Å². The maximum absolute atomic E-state index is 12.4. The molecule has 4 rings (SSSR count). The number of anilines is 1. The highest BCUT2D eigenvalue weighted by Crippen LogP contribution is 2.37. The van der Waals surface area contributed by atoms with E-state index < -0.39 is 0 Å². The summed E-state index contributed by atoms with van der Waals surface area (Å²) in [5.41, 5.74) is 5.82. The van der Waals surface area contributed by atoms with Gasteiger partial charge in [0.2, 0.25) is 0 Å². The van der Waals surface area contributed by atoms with E-state index in [4.69, 9.17) is 4.74 Å². The molecule has 0 bridgehead atoms. The summed E-state index contributed by atoms with van der Waals surface area (Å²) >= 11 is 3.66. The summed E-state index contributed by atoms with van der Waals surface area (Å²) in [5, 5.41) is 2.96. The Kier molecular flexibility index (Phi) is 4.51. The molecular weight excluding hydrogens is 390 g/mol. The van der Waals surface area contributed by atoms with Gasteiger partial charge in [-0.15, -0.1) is 0 Å². The normalized spacial score (nSPS) is 12.4. The third kappa shape index (κ3) is 3.25. The van der Waals surface area contributed by atoms with Gasteiger partial charge in [-0.1, -0.05) is 46.3 Å². The fourth-order valence-electron chi connectivity index (χ4n) is 3.18. The summed E-state index contributed by atoms with van der Waals surface area (Å²) in [4.78, 5) is 12.4. The topological polar surface area (TPSA) is 38.3 Å². The van der Waals surface area contributed by atoms with Crippen molar-refractivity contribution < 1.29 is 9.53 Å². The van der Waals surface area contributed by atoms with Gasteiger partial charge in [-0.25, -0.2) is 0 Å². The van der Waals surface area contributed by atoms with Gasteiger partial charge in [-0.2, -0.15) is 0 Å². The van der Waals surface area contributed by atoms with Crippen LogP contribution in [0, 0.1) is 6.92 Å². The molecule has 0 spiro atoms. The molecule has 26 heavy (non-hydrogen) atoms. The maximum atomic E-state index is 12.4. The van der Waals surface area contributed by atoms with Crippen molar-refractivity contribution in [3.8, 4) is 16.9 Å². The zero-order valence-electron chi connectivity index (χ0n) is 14.4. The van der Waals surface area contributed by atoms with Crippen molar-refractivity contribution in [2.75, 3.05) is 11.9 Å². The molecule has 1 aliphatic heterocycles. The molecule has 0 aliphatic carbocycles. The fraction of sp³-hybridized carbons (Fsp3) is 0.136. The van der Waals surface area contributed by atoms with E-state index in [2.05, 4.69) is 33.4 Å². The largest absolute Gasteiger partial charge is 0.493 e. The lowest BCUT2D eigenvalue weighted by Crippen LogP contribution is -2.13. The SMILES string of the molecule is Cc1ccccc1C(=O)Nc1ccc(-c2cc3c(cc2Br)CCO3)cc1. The van der Waals surface area contributed by atoms with E-state index in [-0.39, 0.29) is 5.91 Å². The second-order valence-corrected chi connectivity index (χ2v) is 7.24. The van der Waals surface area contributed by atoms with Crippen molar-refractivity contribution in [3.63, 3.8) is 0 Å². The highest BCUT2D eigenvalue weighted by atomic mass is 79.9. The number of rotatable bonds is 3. The van der Waals surface area contributed by atoms with E-state index in [1.54, 1.807) is 0 Å². The molecule has 0 atom stereocenters. The van der Waals surface area contributed by atoms with Crippen LogP contribution in [-0.4, -0.2) is 12.5 Å².